The van der Waals surface area contributed by atoms with E-state index in [4.69, 9.17) is 17.3 Å². The van der Waals surface area contributed by atoms with E-state index in [1.54, 1.807) is 19.9 Å². The SMILES string of the molecule is Cc1cc(C)c(Cl)c([N+](=O)[O-])c1N. The van der Waals surface area contributed by atoms with Crippen molar-refractivity contribution in [2.45, 2.75) is 13.8 Å². The molecule has 4 nitrogen and oxygen atoms in total. The highest BCUT2D eigenvalue weighted by Gasteiger charge is 2.20. The maximum Gasteiger partial charge on any atom is 0.311 e. The molecule has 0 aromatic heterocycles. The Morgan fingerprint density at radius 3 is 2.46 bits per heavy atom. The van der Waals surface area contributed by atoms with E-state index in [0.717, 1.165) is 0 Å². The number of anilines is 1. The predicted octanol–water partition coefficient (Wildman–Crippen LogP) is 2.45. The van der Waals surface area contributed by atoms with Gasteiger partial charge in [-0.05, 0) is 25.0 Å². The second kappa shape index (κ2) is 3.22. The Bertz CT molecular complexity index is 351. The van der Waals surface area contributed by atoms with Crippen LogP contribution in [0.4, 0.5) is 11.4 Å². The number of nitro benzene ring substituents is 1. The lowest BCUT2D eigenvalue weighted by Gasteiger charge is -2.05. The summed E-state index contributed by atoms with van der Waals surface area (Å²) in [6.07, 6.45) is 0. The van der Waals surface area contributed by atoms with E-state index in [1.807, 2.05) is 0 Å². The zero-order chi connectivity index (χ0) is 10.2. The van der Waals surface area contributed by atoms with Crippen molar-refractivity contribution in [2.75, 3.05) is 5.73 Å². The summed E-state index contributed by atoms with van der Waals surface area (Å²) in [5, 5.41) is 10.7. The monoisotopic (exact) mass is 200 g/mol. The summed E-state index contributed by atoms with van der Waals surface area (Å²) in [5.74, 6) is 0. The van der Waals surface area contributed by atoms with E-state index < -0.39 is 4.92 Å². The molecule has 2 N–H and O–H groups in total. The summed E-state index contributed by atoms with van der Waals surface area (Å²) < 4.78 is 0. The highest BCUT2D eigenvalue weighted by atomic mass is 35.5. The van der Waals surface area contributed by atoms with Gasteiger partial charge in [0.1, 0.15) is 10.7 Å². The van der Waals surface area contributed by atoms with Gasteiger partial charge in [-0.2, -0.15) is 0 Å². The molecule has 0 heterocycles. The molecule has 0 saturated carbocycles. The molecule has 0 radical (unpaired) electrons. The molecule has 0 aliphatic carbocycles. The molecular weight excluding hydrogens is 192 g/mol. The number of rotatable bonds is 1. The van der Waals surface area contributed by atoms with Crippen molar-refractivity contribution >= 4 is 23.0 Å². The van der Waals surface area contributed by atoms with Crippen LogP contribution in [0.15, 0.2) is 6.07 Å². The molecule has 0 aliphatic heterocycles. The quantitative estimate of drug-likeness (QED) is 0.430. The Labute approximate surface area is 80.5 Å². The van der Waals surface area contributed by atoms with Crippen LogP contribution in [0.1, 0.15) is 11.1 Å². The smallest absolute Gasteiger partial charge is 0.311 e. The normalized spacial score (nSPS) is 10.1. The highest BCUT2D eigenvalue weighted by Crippen LogP contribution is 2.35. The number of hydrogen-bond acceptors (Lipinski definition) is 3. The summed E-state index contributed by atoms with van der Waals surface area (Å²) in [4.78, 5) is 10.0. The molecule has 13 heavy (non-hydrogen) atoms. The van der Waals surface area contributed by atoms with Crippen molar-refractivity contribution in [3.05, 3.63) is 32.3 Å². The Morgan fingerprint density at radius 2 is 2.00 bits per heavy atom. The number of nitrogen functional groups attached to an aromatic ring is 1. The topological polar surface area (TPSA) is 69.2 Å². The van der Waals surface area contributed by atoms with Crippen LogP contribution >= 0.6 is 11.6 Å². The first kappa shape index (κ1) is 9.80. The number of benzene rings is 1. The van der Waals surface area contributed by atoms with Crippen LogP contribution in [0.5, 0.6) is 0 Å². The first-order chi connectivity index (χ1) is 5.95. The van der Waals surface area contributed by atoms with Crippen molar-refractivity contribution in [2.24, 2.45) is 0 Å². The second-order valence-electron chi connectivity index (χ2n) is 2.84. The number of hydrogen-bond donors (Lipinski definition) is 1. The summed E-state index contributed by atoms with van der Waals surface area (Å²) in [5.41, 5.74) is 6.81. The van der Waals surface area contributed by atoms with Crippen molar-refractivity contribution < 1.29 is 4.92 Å². The minimum atomic E-state index is -0.558. The minimum absolute atomic E-state index is 0.119. The average Bonchev–Trinajstić information content (AvgIpc) is 2.01. The molecular formula is C8H9ClN2O2. The van der Waals surface area contributed by atoms with Crippen LogP contribution < -0.4 is 5.73 Å². The molecule has 70 valence electrons. The van der Waals surface area contributed by atoms with Crippen LogP contribution in [0.25, 0.3) is 0 Å². The van der Waals surface area contributed by atoms with Gasteiger partial charge in [-0.15, -0.1) is 0 Å². The first-order valence-electron chi connectivity index (χ1n) is 3.64. The third-order valence-corrected chi connectivity index (χ3v) is 2.33. The third-order valence-electron chi connectivity index (χ3n) is 1.85. The fourth-order valence-corrected chi connectivity index (χ4v) is 1.36. The van der Waals surface area contributed by atoms with Gasteiger partial charge in [0.15, 0.2) is 0 Å². The van der Waals surface area contributed by atoms with Gasteiger partial charge in [-0.1, -0.05) is 17.7 Å². The van der Waals surface area contributed by atoms with Crippen LogP contribution in [-0.4, -0.2) is 4.92 Å². The van der Waals surface area contributed by atoms with E-state index in [1.165, 1.54) is 0 Å². The van der Waals surface area contributed by atoms with E-state index >= 15 is 0 Å². The van der Waals surface area contributed by atoms with E-state index in [9.17, 15) is 10.1 Å². The Balaban J connectivity index is 3.56. The van der Waals surface area contributed by atoms with Crippen molar-refractivity contribution in [3.8, 4) is 0 Å². The van der Waals surface area contributed by atoms with Crippen LogP contribution in [0.2, 0.25) is 5.02 Å². The molecule has 0 unspecified atom stereocenters. The van der Waals surface area contributed by atoms with Gasteiger partial charge < -0.3 is 5.73 Å². The van der Waals surface area contributed by atoms with Crippen LogP contribution in [0, 0.1) is 24.0 Å². The van der Waals surface area contributed by atoms with Crippen molar-refractivity contribution in [1.82, 2.24) is 0 Å². The molecule has 0 atom stereocenters. The maximum atomic E-state index is 10.6. The molecule has 0 aliphatic rings. The second-order valence-corrected chi connectivity index (χ2v) is 3.22. The number of nitrogens with two attached hydrogens (primary N) is 1. The lowest BCUT2D eigenvalue weighted by molar-refractivity contribution is -0.383. The van der Waals surface area contributed by atoms with Crippen molar-refractivity contribution in [3.63, 3.8) is 0 Å². The zero-order valence-electron chi connectivity index (χ0n) is 7.30. The van der Waals surface area contributed by atoms with Crippen LogP contribution in [0.3, 0.4) is 0 Å². The predicted molar refractivity (Wildman–Crippen MR) is 52.0 cm³/mol. The third kappa shape index (κ3) is 1.58. The molecule has 0 saturated heterocycles. The van der Waals surface area contributed by atoms with Gasteiger partial charge in [-0.25, -0.2) is 0 Å². The Hall–Kier alpha value is -1.29. The number of halogens is 1. The molecule has 0 spiro atoms. The maximum absolute atomic E-state index is 10.6. The molecule has 1 aromatic rings. The fraction of sp³-hybridized carbons (Fsp3) is 0.250. The van der Waals surface area contributed by atoms with Gasteiger partial charge in [0, 0.05) is 0 Å². The molecule has 0 amide bonds. The minimum Gasteiger partial charge on any atom is -0.393 e. The van der Waals surface area contributed by atoms with E-state index in [-0.39, 0.29) is 16.4 Å². The van der Waals surface area contributed by atoms with Gasteiger partial charge in [-0.3, -0.25) is 10.1 Å². The van der Waals surface area contributed by atoms with Crippen molar-refractivity contribution in [1.29, 1.82) is 0 Å². The first-order valence-corrected chi connectivity index (χ1v) is 4.02. The van der Waals surface area contributed by atoms with Gasteiger partial charge in [0.25, 0.3) is 0 Å². The lowest BCUT2D eigenvalue weighted by atomic mass is 10.1. The molecule has 5 heteroatoms. The van der Waals surface area contributed by atoms with Gasteiger partial charge >= 0.3 is 5.69 Å². The number of aryl methyl sites for hydroxylation is 2. The Kier molecular flexibility index (Phi) is 2.43. The number of nitro groups is 1. The lowest BCUT2D eigenvalue weighted by Crippen LogP contribution is -2.00. The molecule has 0 fully saturated rings. The van der Waals surface area contributed by atoms with E-state index in [0.29, 0.717) is 11.1 Å². The van der Waals surface area contributed by atoms with Crippen LogP contribution in [-0.2, 0) is 0 Å². The summed E-state index contributed by atoms with van der Waals surface area (Å²) in [6, 6.07) is 1.73. The van der Waals surface area contributed by atoms with Gasteiger partial charge in [0.2, 0.25) is 0 Å². The zero-order valence-corrected chi connectivity index (χ0v) is 8.05. The largest absolute Gasteiger partial charge is 0.393 e. The standard InChI is InChI=1S/C8H9ClN2O2/c1-4-3-5(2)7(10)8(6(4)9)11(12)13/h3H,10H2,1-2H3. The number of nitrogens with zero attached hydrogens (tertiary/aromatic N) is 1. The molecule has 1 rings (SSSR count). The fourth-order valence-electron chi connectivity index (χ4n) is 1.14. The average molecular weight is 201 g/mol. The summed E-state index contributed by atoms with van der Waals surface area (Å²) in [6.45, 7) is 3.42. The molecule has 0 bridgehead atoms. The molecule has 1 aromatic carbocycles. The van der Waals surface area contributed by atoms with Gasteiger partial charge in [0.05, 0.1) is 4.92 Å². The highest BCUT2D eigenvalue weighted by molar-refractivity contribution is 6.34. The van der Waals surface area contributed by atoms with E-state index in [2.05, 4.69) is 0 Å². The Morgan fingerprint density at radius 1 is 1.46 bits per heavy atom. The summed E-state index contributed by atoms with van der Waals surface area (Å²) >= 11 is 5.74. The summed E-state index contributed by atoms with van der Waals surface area (Å²) in [7, 11) is 0.